The van der Waals surface area contributed by atoms with Crippen LogP contribution >= 0.6 is 0 Å². The smallest absolute Gasteiger partial charge is 0.263 e. The maximum atomic E-state index is 14.0. The number of anilines is 3. The fourth-order valence-corrected chi connectivity index (χ4v) is 8.12. The third-order valence-corrected chi connectivity index (χ3v) is 11.1. The number of fused-ring (bicyclic) bond motifs is 1. The molecule has 19 nitrogen and oxygen atoms in total. The second-order valence-electron chi connectivity index (χ2n) is 14.6. The number of hydrogen-bond acceptors (Lipinski definition) is 18. The first-order valence-corrected chi connectivity index (χ1v) is 18.7. The Morgan fingerprint density at radius 1 is 0.927 bits per heavy atom. The van der Waals surface area contributed by atoms with Gasteiger partial charge in [0, 0.05) is 43.8 Å². The van der Waals surface area contributed by atoms with Crippen LogP contribution in [-0.2, 0) is 14.2 Å². The Hall–Kier alpha value is -3.73. The maximum absolute atomic E-state index is 14.0. The van der Waals surface area contributed by atoms with E-state index in [0.29, 0.717) is 23.8 Å². The molecule has 3 aromatic rings. The number of ketones is 1. The highest BCUT2D eigenvalue weighted by Gasteiger charge is 2.52. The van der Waals surface area contributed by atoms with Crippen LogP contribution in [0.15, 0.2) is 29.3 Å². The van der Waals surface area contributed by atoms with Crippen molar-refractivity contribution >= 4 is 34.3 Å². The fraction of sp³-hybridized carbons (Fsp3) is 0.639. The van der Waals surface area contributed by atoms with E-state index in [9.17, 15) is 45.3 Å². The minimum atomic E-state index is -1.83. The number of aliphatic hydroxyl groups excluding tert-OH is 7. The molecule has 300 valence electrons. The van der Waals surface area contributed by atoms with E-state index >= 15 is 0 Å². The van der Waals surface area contributed by atoms with Gasteiger partial charge < -0.3 is 60.2 Å². The normalized spacial score (nSPS) is 31.9. The van der Waals surface area contributed by atoms with E-state index in [0.717, 1.165) is 44.7 Å². The number of Topliss-reactive ketones (excluding diaryl/α,β-unsaturated/α-hetero) is 1. The van der Waals surface area contributed by atoms with Crippen molar-refractivity contribution in [2.24, 2.45) is 0 Å². The van der Waals surface area contributed by atoms with Crippen molar-refractivity contribution in [3.05, 3.63) is 46.0 Å². The monoisotopic (exact) mass is 771 g/mol. The number of rotatable bonds is 10. The lowest BCUT2D eigenvalue weighted by Crippen LogP contribution is -2.66. The van der Waals surface area contributed by atoms with Crippen LogP contribution in [0.4, 0.5) is 17.5 Å². The number of carbonyl (C=O) groups is 1. The Bertz CT molecular complexity index is 1890. The fourth-order valence-electron chi connectivity index (χ4n) is 8.12. The van der Waals surface area contributed by atoms with E-state index in [1.54, 1.807) is 23.8 Å². The molecule has 8 N–H and O–H groups in total. The molecule has 4 fully saturated rings. The molecule has 4 aliphatic rings. The van der Waals surface area contributed by atoms with Crippen LogP contribution in [0.25, 0.3) is 11.0 Å². The summed E-state index contributed by atoms with van der Waals surface area (Å²) in [6.07, 6.45) is -10.1. The van der Waals surface area contributed by atoms with Gasteiger partial charge in [0.05, 0.1) is 30.7 Å². The molecule has 3 aromatic heterocycles. The molecule has 7 rings (SSSR count). The van der Waals surface area contributed by atoms with Crippen LogP contribution in [0.3, 0.4) is 0 Å². The number of carbonyl (C=O) groups excluding carboxylic acids is 1. The molecule has 6 heterocycles. The molecular weight excluding hydrogens is 722 g/mol. The molecule has 0 spiro atoms. The number of aromatic nitrogens is 4. The number of aryl methyl sites for hydroxylation is 1. The Balaban J connectivity index is 1.30. The number of ether oxygens (including phenoxy) is 3. The molecule has 1 saturated carbocycles. The van der Waals surface area contributed by atoms with Gasteiger partial charge in [-0.1, -0.05) is 12.8 Å². The number of aliphatic hydroxyl groups is 7. The molecule has 3 aliphatic heterocycles. The summed E-state index contributed by atoms with van der Waals surface area (Å²) in [4.78, 5) is 44.4. The van der Waals surface area contributed by atoms with E-state index in [1.807, 2.05) is 6.07 Å². The van der Waals surface area contributed by atoms with Crippen molar-refractivity contribution in [2.45, 2.75) is 107 Å². The van der Waals surface area contributed by atoms with Crippen molar-refractivity contribution in [1.29, 1.82) is 0 Å². The molecular formula is C36H49N7O12. The Kier molecular flexibility index (Phi) is 11.8. The van der Waals surface area contributed by atoms with Gasteiger partial charge in [-0.25, -0.2) is 9.97 Å². The highest BCUT2D eigenvalue weighted by Crippen LogP contribution is 2.37. The number of nitrogens with zero attached hydrogens (tertiary/aromatic N) is 6. The minimum Gasteiger partial charge on any atom is -0.394 e. The van der Waals surface area contributed by atoms with Gasteiger partial charge in [-0.2, -0.15) is 4.98 Å². The van der Waals surface area contributed by atoms with Crippen molar-refractivity contribution < 1.29 is 54.8 Å². The summed E-state index contributed by atoms with van der Waals surface area (Å²) in [5.41, 5.74) is 1.12. The maximum Gasteiger partial charge on any atom is 0.263 e. The average Bonchev–Trinajstić information content (AvgIpc) is 3.72. The molecule has 10 atom stereocenters. The largest absolute Gasteiger partial charge is 0.394 e. The Labute approximate surface area is 315 Å². The number of piperazine rings is 1. The second-order valence-corrected chi connectivity index (χ2v) is 14.6. The van der Waals surface area contributed by atoms with E-state index in [4.69, 9.17) is 24.2 Å². The summed E-state index contributed by atoms with van der Waals surface area (Å²) >= 11 is 0. The molecule has 0 aromatic carbocycles. The van der Waals surface area contributed by atoms with Gasteiger partial charge in [0.25, 0.3) is 5.56 Å². The van der Waals surface area contributed by atoms with E-state index in [-0.39, 0.29) is 34.8 Å². The predicted molar refractivity (Wildman–Crippen MR) is 194 cm³/mol. The standard InChI is InChI=1S/C36H49N7O12/c1-17-21-14-39-36(40-32(21)42(19-5-3-4-6-19)33(52)25(17)18(2)46)43(24-8-7-20(13-38-24)41-11-9-37-10-12-41)34-29(50)28(49)31(23(16-45)53-34)55-35-30(51)27(48)26(47)22(15-44)54-35/h7-8,13-14,19,22-23,26-31,34-35,37,44-45,47-51H,3-6,9-12,15-16H2,1-2H3/t22-,23-,26+,27+,28-,29-,30-,31-,34+,35+/m1/s1. The third-order valence-electron chi connectivity index (χ3n) is 11.1. The van der Waals surface area contributed by atoms with Gasteiger partial charge in [-0.05, 0) is 44.4 Å². The van der Waals surface area contributed by atoms with E-state index in [2.05, 4.69) is 15.2 Å². The molecule has 1 aliphatic carbocycles. The van der Waals surface area contributed by atoms with Gasteiger partial charge in [0.2, 0.25) is 5.95 Å². The zero-order chi connectivity index (χ0) is 39.1. The van der Waals surface area contributed by atoms with E-state index < -0.39 is 80.1 Å². The van der Waals surface area contributed by atoms with Crippen molar-refractivity contribution in [3.63, 3.8) is 0 Å². The summed E-state index contributed by atoms with van der Waals surface area (Å²) in [6, 6.07) is 3.28. The molecule has 3 saturated heterocycles. The Morgan fingerprint density at radius 3 is 2.27 bits per heavy atom. The minimum absolute atomic E-state index is 0.0585. The van der Waals surface area contributed by atoms with Crippen LogP contribution in [0.5, 0.6) is 0 Å². The SMILES string of the molecule is CC(=O)c1c(C)c2cnc(N(c3ccc(N4CCNCC4)cn3)[C@H]3O[C@H](CO)[C@@H](O[C@@H]4O[C@H](CO)[C@H](O)[C@H](O)[C@H]4O)[C@H](O)[C@H]3O)nc2n(C2CCCC2)c1=O. The van der Waals surface area contributed by atoms with Crippen LogP contribution in [0.2, 0.25) is 0 Å². The number of hydrogen-bond donors (Lipinski definition) is 8. The van der Waals surface area contributed by atoms with Gasteiger partial charge in [0.1, 0.15) is 60.3 Å². The van der Waals surface area contributed by atoms with Crippen molar-refractivity contribution in [3.8, 4) is 0 Å². The molecule has 0 unspecified atom stereocenters. The van der Waals surface area contributed by atoms with E-state index in [1.165, 1.54) is 18.0 Å². The van der Waals surface area contributed by atoms with Crippen LogP contribution in [-0.4, -0.2) is 162 Å². The van der Waals surface area contributed by atoms with Gasteiger partial charge in [-0.3, -0.25) is 19.1 Å². The molecule has 19 heteroatoms. The topological polar surface area (TPSA) is 266 Å². The lowest BCUT2D eigenvalue weighted by atomic mass is 9.96. The van der Waals surface area contributed by atoms with Gasteiger partial charge in [0.15, 0.2) is 18.3 Å². The van der Waals surface area contributed by atoms with Crippen molar-refractivity contribution in [2.75, 3.05) is 49.2 Å². The third kappa shape index (κ3) is 7.35. The Morgan fingerprint density at radius 2 is 1.64 bits per heavy atom. The molecule has 0 bridgehead atoms. The summed E-state index contributed by atoms with van der Waals surface area (Å²) in [6.45, 7) is 4.62. The van der Waals surface area contributed by atoms with Gasteiger partial charge in [-0.15, -0.1) is 0 Å². The zero-order valence-electron chi connectivity index (χ0n) is 30.6. The first-order valence-electron chi connectivity index (χ1n) is 18.7. The molecule has 0 amide bonds. The average molecular weight is 772 g/mol. The predicted octanol–water partition coefficient (Wildman–Crippen LogP) is -2.02. The van der Waals surface area contributed by atoms with Crippen molar-refractivity contribution in [1.82, 2.24) is 24.8 Å². The van der Waals surface area contributed by atoms with Crippen LogP contribution in [0.1, 0.15) is 54.6 Å². The summed E-state index contributed by atoms with van der Waals surface area (Å²) in [5, 5.41) is 78.5. The quantitative estimate of drug-likeness (QED) is 0.103. The summed E-state index contributed by atoms with van der Waals surface area (Å²) in [5.74, 6) is -0.262. The second kappa shape index (κ2) is 16.4. The highest BCUT2D eigenvalue weighted by atomic mass is 16.7. The molecule has 0 radical (unpaired) electrons. The number of pyridine rings is 2. The first-order chi connectivity index (χ1) is 26.4. The summed E-state index contributed by atoms with van der Waals surface area (Å²) in [7, 11) is 0. The van der Waals surface area contributed by atoms with Gasteiger partial charge >= 0.3 is 0 Å². The zero-order valence-corrected chi connectivity index (χ0v) is 30.6. The number of nitrogens with one attached hydrogen (secondary N) is 1. The highest BCUT2D eigenvalue weighted by molar-refractivity contribution is 5.99. The summed E-state index contributed by atoms with van der Waals surface area (Å²) < 4.78 is 19.1. The first kappa shape index (κ1) is 39.5. The lowest BCUT2D eigenvalue weighted by Gasteiger charge is -2.48. The van der Waals surface area contributed by atoms with Crippen LogP contribution < -0.4 is 20.7 Å². The van der Waals surface area contributed by atoms with Crippen LogP contribution in [0, 0.1) is 6.92 Å². The lowest BCUT2D eigenvalue weighted by molar-refractivity contribution is -0.341. The molecule has 55 heavy (non-hydrogen) atoms.